The fourth-order valence-electron chi connectivity index (χ4n) is 1.85. The molecule has 21 heavy (non-hydrogen) atoms. The van der Waals surface area contributed by atoms with Crippen molar-refractivity contribution in [2.24, 2.45) is 5.73 Å². The number of nitrogens with zero attached hydrogens (tertiary/aromatic N) is 1. The molecule has 2 rings (SSSR count). The molecule has 0 aromatic heterocycles. The van der Waals surface area contributed by atoms with Crippen LogP contribution in [0.3, 0.4) is 0 Å². The van der Waals surface area contributed by atoms with Crippen LogP contribution in [0.15, 0.2) is 24.3 Å². The molecule has 2 amide bonds. The molecule has 1 atom stereocenters. The van der Waals surface area contributed by atoms with Gasteiger partial charge < -0.3 is 10.5 Å². The van der Waals surface area contributed by atoms with E-state index < -0.39 is 36.8 Å². The third-order valence-electron chi connectivity index (χ3n) is 2.90. The van der Waals surface area contributed by atoms with Crippen molar-refractivity contribution >= 4 is 17.5 Å². The summed E-state index contributed by atoms with van der Waals surface area (Å²) in [6.45, 7) is -0.659. The summed E-state index contributed by atoms with van der Waals surface area (Å²) >= 11 is 0. The van der Waals surface area contributed by atoms with Gasteiger partial charge in [0, 0.05) is 0 Å². The number of anilines is 1. The molecule has 0 bridgehead atoms. The van der Waals surface area contributed by atoms with Gasteiger partial charge >= 0.3 is 18.3 Å². The minimum absolute atomic E-state index is 0.0639. The van der Waals surface area contributed by atoms with Crippen LogP contribution in [0, 0.1) is 0 Å². The van der Waals surface area contributed by atoms with Crippen LogP contribution in [0.25, 0.3) is 0 Å². The number of hydrogen-bond acceptors (Lipinski definition) is 3. The van der Waals surface area contributed by atoms with Crippen molar-refractivity contribution in [3.63, 3.8) is 0 Å². The number of carbonyl (C=O) groups is 2. The summed E-state index contributed by atoms with van der Waals surface area (Å²) in [5.74, 6) is -8.04. The number of nitrogens with two attached hydrogens (primary N) is 1. The van der Waals surface area contributed by atoms with Gasteiger partial charge in [-0.15, -0.1) is 0 Å². The van der Waals surface area contributed by atoms with Crippen LogP contribution in [0.5, 0.6) is 5.75 Å². The number of carbonyl (C=O) groups excluding carboxylic acids is 2. The van der Waals surface area contributed by atoms with Crippen LogP contribution >= 0.6 is 0 Å². The minimum atomic E-state index is -4.87. The number of ether oxygens (including phenoxy) is 1. The van der Waals surface area contributed by atoms with Gasteiger partial charge in [-0.25, -0.2) is 8.78 Å². The summed E-state index contributed by atoms with van der Waals surface area (Å²) in [7, 11) is 0. The van der Waals surface area contributed by atoms with E-state index in [2.05, 4.69) is 0 Å². The zero-order chi connectivity index (χ0) is 15.8. The van der Waals surface area contributed by atoms with Crippen molar-refractivity contribution in [3.8, 4) is 5.75 Å². The molecule has 114 valence electrons. The highest BCUT2D eigenvalue weighted by molar-refractivity contribution is 6.01. The van der Waals surface area contributed by atoms with E-state index in [1.807, 2.05) is 0 Å². The van der Waals surface area contributed by atoms with Crippen LogP contribution in [0.4, 0.5) is 23.2 Å². The van der Waals surface area contributed by atoms with E-state index in [0.29, 0.717) is 4.90 Å². The Morgan fingerprint density at radius 2 is 1.95 bits per heavy atom. The highest BCUT2D eigenvalue weighted by atomic mass is 19.3. The molecule has 2 N–H and O–H groups in total. The first-order valence-electron chi connectivity index (χ1n) is 5.78. The molecule has 0 saturated carbocycles. The molecule has 0 fully saturated rings. The van der Waals surface area contributed by atoms with Crippen molar-refractivity contribution in [3.05, 3.63) is 24.3 Å². The maximum absolute atomic E-state index is 13.2. The summed E-state index contributed by atoms with van der Waals surface area (Å²) in [5, 5.41) is 0. The number of rotatable bonds is 3. The number of alkyl halides is 4. The molecule has 1 aliphatic rings. The molecule has 1 unspecified atom stereocenters. The maximum Gasteiger partial charge on any atom is 0.384 e. The third-order valence-corrected chi connectivity index (χ3v) is 2.90. The first-order valence-corrected chi connectivity index (χ1v) is 5.78. The lowest BCUT2D eigenvalue weighted by atomic mass is 10.1. The lowest BCUT2D eigenvalue weighted by Crippen LogP contribution is -2.55. The van der Waals surface area contributed by atoms with Gasteiger partial charge in [0.05, 0.1) is 12.2 Å². The van der Waals surface area contributed by atoms with E-state index >= 15 is 0 Å². The fraction of sp³-hybridized carbons (Fsp3) is 0.333. The molecule has 9 heteroatoms. The summed E-state index contributed by atoms with van der Waals surface area (Å²) in [4.78, 5) is 23.2. The van der Waals surface area contributed by atoms with Gasteiger partial charge in [0.2, 0.25) is 0 Å². The predicted molar refractivity (Wildman–Crippen MR) is 63.4 cm³/mol. The van der Waals surface area contributed by atoms with Gasteiger partial charge in [-0.3, -0.25) is 14.5 Å². The lowest BCUT2D eigenvalue weighted by Gasteiger charge is -2.34. The van der Waals surface area contributed by atoms with Crippen LogP contribution in [-0.4, -0.2) is 36.8 Å². The number of hydrogen-bond donors (Lipinski definition) is 1. The van der Waals surface area contributed by atoms with E-state index in [1.54, 1.807) is 0 Å². The molecule has 0 radical (unpaired) electrons. The molecular weight excluding hydrogens is 296 g/mol. The predicted octanol–water partition coefficient (Wildman–Crippen LogP) is 1.17. The quantitative estimate of drug-likeness (QED) is 0.852. The van der Waals surface area contributed by atoms with Crippen molar-refractivity contribution in [2.45, 2.75) is 18.5 Å². The number of halogens is 4. The zero-order valence-electron chi connectivity index (χ0n) is 10.4. The largest absolute Gasteiger partial charge is 0.477 e. The number of para-hydroxylation sites is 2. The molecule has 0 saturated heterocycles. The van der Waals surface area contributed by atoms with Gasteiger partial charge in [-0.1, -0.05) is 12.1 Å². The molecule has 0 aliphatic carbocycles. The van der Waals surface area contributed by atoms with Gasteiger partial charge in [-0.05, 0) is 12.1 Å². The summed E-state index contributed by atoms with van der Waals surface area (Å²) in [5.41, 5.74) is 4.89. The first kappa shape index (κ1) is 15.1. The molecule has 0 spiro atoms. The van der Waals surface area contributed by atoms with E-state index in [1.165, 1.54) is 24.3 Å². The smallest absolute Gasteiger partial charge is 0.384 e. The number of primary amides is 1. The molecule has 1 aliphatic heterocycles. The Hall–Kier alpha value is -2.32. The third kappa shape index (κ3) is 2.63. The number of fused-ring (bicyclic) bond motifs is 1. The second-order valence-electron chi connectivity index (χ2n) is 4.32. The maximum atomic E-state index is 13.2. The number of amides is 2. The van der Waals surface area contributed by atoms with E-state index in [9.17, 15) is 27.2 Å². The second-order valence-corrected chi connectivity index (χ2v) is 4.32. The van der Waals surface area contributed by atoms with Crippen LogP contribution in [0.2, 0.25) is 0 Å². The standard InChI is InChI=1S/C12H10F4N2O3/c13-10(14)12(15,16)11(20)18-5-8(9(17)19)21-7-4-2-1-3-6(7)18/h1-4,8,10H,5H2,(H2,17,19). The molecular formula is C12H10F4N2O3. The average molecular weight is 306 g/mol. The Kier molecular flexibility index (Phi) is 3.75. The van der Waals surface area contributed by atoms with E-state index in [-0.39, 0.29) is 11.4 Å². The van der Waals surface area contributed by atoms with Crippen molar-refractivity contribution in [2.75, 3.05) is 11.4 Å². The Bertz CT molecular complexity index is 579. The minimum Gasteiger partial charge on any atom is -0.477 e. The summed E-state index contributed by atoms with van der Waals surface area (Å²) in [6.07, 6.45) is -5.55. The Morgan fingerprint density at radius 3 is 2.52 bits per heavy atom. The summed E-state index contributed by atoms with van der Waals surface area (Å²) in [6, 6.07) is 5.43. The Balaban J connectivity index is 2.42. The van der Waals surface area contributed by atoms with Crippen LogP contribution < -0.4 is 15.4 Å². The van der Waals surface area contributed by atoms with Gasteiger partial charge in [0.25, 0.3) is 5.91 Å². The van der Waals surface area contributed by atoms with Gasteiger partial charge in [0.15, 0.2) is 6.10 Å². The first-order chi connectivity index (χ1) is 9.75. The SMILES string of the molecule is NC(=O)C1CN(C(=O)C(F)(F)C(F)F)c2ccccc2O1. The monoisotopic (exact) mass is 306 g/mol. The Morgan fingerprint density at radius 1 is 1.33 bits per heavy atom. The molecule has 1 aromatic rings. The molecule has 1 aromatic carbocycles. The summed E-state index contributed by atoms with van der Waals surface area (Å²) < 4.78 is 56.3. The highest BCUT2D eigenvalue weighted by Crippen LogP contribution is 2.36. The lowest BCUT2D eigenvalue weighted by molar-refractivity contribution is -0.167. The van der Waals surface area contributed by atoms with E-state index in [4.69, 9.17) is 10.5 Å². The molecule has 1 heterocycles. The Labute approximate surface area is 116 Å². The van der Waals surface area contributed by atoms with Gasteiger partial charge in [-0.2, -0.15) is 8.78 Å². The van der Waals surface area contributed by atoms with Crippen molar-refractivity contribution in [1.29, 1.82) is 0 Å². The zero-order valence-corrected chi connectivity index (χ0v) is 10.4. The number of benzene rings is 1. The molecule has 5 nitrogen and oxygen atoms in total. The fourth-order valence-corrected chi connectivity index (χ4v) is 1.85. The normalized spacial score (nSPS) is 18.1. The van der Waals surface area contributed by atoms with Gasteiger partial charge in [0.1, 0.15) is 5.75 Å². The average Bonchev–Trinajstić information content (AvgIpc) is 2.44. The van der Waals surface area contributed by atoms with Crippen molar-refractivity contribution in [1.82, 2.24) is 0 Å². The van der Waals surface area contributed by atoms with Crippen molar-refractivity contribution < 1.29 is 31.9 Å². The van der Waals surface area contributed by atoms with E-state index in [0.717, 1.165) is 0 Å². The highest BCUT2D eigenvalue weighted by Gasteiger charge is 2.53. The second kappa shape index (κ2) is 5.23. The van der Waals surface area contributed by atoms with Crippen LogP contribution in [-0.2, 0) is 9.59 Å². The topological polar surface area (TPSA) is 72.6 Å². The van der Waals surface area contributed by atoms with Crippen LogP contribution in [0.1, 0.15) is 0 Å².